The molecule has 1 aliphatic heterocycles. The number of furan rings is 1. The molecule has 3 heterocycles. The van der Waals surface area contributed by atoms with Crippen LogP contribution in [0.4, 0.5) is 10.1 Å². The molecular formula is C24H17BrFN3OS. The molecule has 2 aromatic heterocycles. The number of aromatic nitrogens is 1. The van der Waals surface area contributed by atoms with Crippen molar-refractivity contribution in [3.8, 4) is 11.3 Å². The largest absolute Gasteiger partial charge is 0.459 e. The lowest BCUT2D eigenvalue weighted by Crippen LogP contribution is -2.30. The van der Waals surface area contributed by atoms with Gasteiger partial charge in [0.1, 0.15) is 23.4 Å². The van der Waals surface area contributed by atoms with Crippen molar-refractivity contribution in [3.63, 3.8) is 0 Å². The molecule has 0 amide bonds. The first-order chi connectivity index (χ1) is 15.1. The molecule has 1 saturated heterocycles. The lowest BCUT2D eigenvalue weighted by Gasteiger charge is -2.26. The van der Waals surface area contributed by atoms with E-state index in [9.17, 15) is 4.39 Å². The predicted octanol–water partition coefficient (Wildman–Crippen LogP) is 6.42. The summed E-state index contributed by atoms with van der Waals surface area (Å²) in [6, 6.07) is 23.4. The maximum atomic E-state index is 14.8. The number of para-hydroxylation sites is 1. The first-order valence-corrected chi connectivity index (χ1v) is 10.9. The third-order valence-electron chi connectivity index (χ3n) is 5.26. The molecule has 31 heavy (non-hydrogen) atoms. The van der Waals surface area contributed by atoms with E-state index in [4.69, 9.17) is 16.6 Å². The first kappa shape index (κ1) is 19.9. The van der Waals surface area contributed by atoms with E-state index in [-0.39, 0.29) is 11.9 Å². The Morgan fingerprint density at radius 2 is 1.74 bits per heavy atom. The number of thiocarbonyl (C=S) groups is 1. The van der Waals surface area contributed by atoms with Gasteiger partial charge in [-0.15, -0.1) is 0 Å². The number of halogens is 2. The Morgan fingerprint density at radius 1 is 0.968 bits per heavy atom. The number of hydrogen-bond donors (Lipinski definition) is 1. The molecule has 2 atom stereocenters. The van der Waals surface area contributed by atoms with Crippen LogP contribution in [0.15, 0.2) is 93.9 Å². The zero-order valence-electron chi connectivity index (χ0n) is 16.2. The van der Waals surface area contributed by atoms with Gasteiger partial charge in [-0.05, 0) is 60.7 Å². The SMILES string of the molecule is Fc1ccccc1N1C(=S)N[C@@H](c2ccccn2)[C@@H]1c1ccc(-c2ccc(Br)cc2)o1. The number of anilines is 1. The fraction of sp³-hybridized carbons (Fsp3) is 0.0833. The molecule has 0 aliphatic carbocycles. The third-order valence-corrected chi connectivity index (χ3v) is 6.10. The zero-order chi connectivity index (χ0) is 21.4. The van der Waals surface area contributed by atoms with E-state index >= 15 is 0 Å². The van der Waals surface area contributed by atoms with Crippen LogP contribution in [0, 0.1) is 5.82 Å². The Hall–Kier alpha value is -3.03. The molecule has 1 N–H and O–H groups in total. The first-order valence-electron chi connectivity index (χ1n) is 9.72. The Bertz CT molecular complexity index is 1230. The Balaban J connectivity index is 1.61. The van der Waals surface area contributed by atoms with Gasteiger partial charge in [-0.2, -0.15) is 0 Å². The van der Waals surface area contributed by atoms with Crippen molar-refractivity contribution in [2.24, 2.45) is 0 Å². The standard InChI is InChI=1S/C24H17BrFN3OS/c25-16-10-8-15(9-11-16)20-12-13-21(30-20)23-22(18-6-3-4-14-27-18)28-24(31)29(23)19-7-2-1-5-17(19)26/h1-14,22-23H,(H,28,31)/t22-,23-/m0/s1. The second-order valence-electron chi connectivity index (χ2n) is 7.16. The molecule has 0 radical (unpaired) electrons. The van der Waals surface area contributed by atoms with Crippen LogP contribution < -0.4 is 10.2 Å². The highest BCUT2D eigenvalue weighted by Gasteiger charge is 2.43. The molecule has 0 unspecified atom stereocenters. The summed E-state index contributed by atoms with van der Waals surface area (Å²) in [5.74, 6) is 1.05. The quantitative estimate of drug-likeness (QED) is 0.332. The summed E-state index contributed by atoms with van der Waals surface area (Å²) in [6.07, 6.45) is 1.73. The highest BCUT2D eigenvalue weighted by molar-refractivity contribution is 9.10. The zero-order valence-corrected chi connectivity index (χ0v) is 18.6. The Morgan fingerprint density at radius 3 is 2.48 bits per heavy atom. The molecule has 1 aliphatic rings. The maximum Gasteiger partial charge on any atom is 0.174 e. The van der Waals surface area contributed by atoms with Crippen molar-refractivity contribution in [1.82, 2.24) is 10.3 Å². The topological polar surface area (TPSA) is 41.3 Å². The van der Waals surface area contributed by atoms with Crippen molar-refractivity contribution in [3.05, 3.63) is 107 Å². The van der Waals surface area contributed by atoms with Gasteiger partial charge in [0.15, 0.2) is 5.11 Å². The monoisotopic (exact) mass is 493 g/mol. The van der Waals surface area contributed by atoms with Crippen molar-refractivity contribution < 1.29 is 8.81 Å². The Labute approximate surface area is 192 Å². The molecule has 0 bridgehead atoms. The normalized spacial score (nSPS) is 18.3. The molecular weight excluding hydrogens is 477 g/mol. The van der Waals surface area contributed by atoms with Gasteiger partial charge >= 0.3 is 0 Å². The van der Waals surface area contributed by atoms with Crippen molar-refractivity contribution in [2.75, 3.05) is 4.90 Å². The van der Waals surface area contributed by atoms with Gasteiger partial charge in [0.25, 0.3) is 0 Å². The van der Waals surface area contributed by atoms with E-state index in [1.807, 2.05) is 54.6 Å². The van der Waals surface area contributed by atoms with Gasteiger partial charge in [-0.25, -0.2) is 4.39 Å². The van der Waals surface area contributed by atoms with E-state index in [0.717, 1.165) is 21.5 Å². The van der Waals surface area contributed by atoms with Gasteiger partial charge in [0, 0.05) is 16.2 Å². The average Bonchev–Trinajstić information content (AvgIpc) is 3.40. The van der Waals surface area contributed by atoms with E-state index in [2.05, 4.69) is 26.2 Å². The minimum Gasteiger partial charge on any atom is -0.459 e. The van der Waals surface area contributed by atoms with Crippen molar-refractivity contribution in [2.45, 2.75) is 12.1 Å². The lowest BCUT2D eigenvalue weighted by molar-refractivity contribution is 0.438. The van der Waals surface area contributed by atoms with Gasteiger partial charge in [-0.3, -0.25) is 4.98 Å². The number of benzene rings is 2. The average molecular weight is 494 g/mol. The van der Waals surface area contributed by atoms with Crippen LogP contribution in [0.3, 0.4) is 0 Å². The minimum atomic E-state index is -0.400. The van der Waals surface area contributed by atoms with Gasteiger partial charge in [0.2, 0.25) is 0 Å². The molecule has 4 nitrogen and oxygen atoms in total. The fourth-order valence-electron chi connectivity index (χ4n) is 3.83. The fourth-order valence-corrected chi connectivity index (χ4v) is 4.43. The van der Waals surface area contributed by atoms with E-state index in [0.29, 0.717) is 16.6 Å². The summed E-state index contributed by atoms with van der Waals surface area (Å²) in [5.41, 5.74) is 2.15. The lowest BCUT2D eigenvalue weighted by atomic mass is 10.0. The summed E-state index contributed by atoms with van der Waals surface area (Å²) in [7, 11) is 0. The number of nitrogens with zero attached hydrogens (tertiary/aromatic N) is 2. The van der Waals surface area contributed by atoms with Gasteiger partial charge in [0.05, 0.1) is 17.4 Å². The molecule has 154 valence electrons. The van der Waals surface area contributed by atoms with E-state index in [1.54, 1.807) is 29.3 Å². The van der Waals surface area contributed by atoms with Crippen LogP contribution >= 0.6 is 28.1 Å². The van der Waals surface area contributed by atoms with Crippen LogP contribution in [0.1, 0.15) is 23.5 Å². The molecule has 0 saturated carbocycles. The minimum absolute atomic E-state index is 0.294. The summed E-state index contributed by atoms with van der Waals surface area (Å²) < 4.78 is 22.0. The third kappa shape index (κ3) is 3.75. The van der Waals surface area contributed by atoms with Crippen molar-refractivity contribution in [1.29, 1.82) is 0 Å². The molecule has 1 fully saturated rings. The summed E-state index contributed by atoms with van der Waals surface area (Å²) >= 11 is 9.08. The molecule has 0 spiro atoms. The van der Waals surface area contributed by atoms with Crippen LogP contribution in [-0.2, 0) is 0 Å². The molecule has 4 aromatic rings. The maximum absolute atomic E-state index is 14.8. The number of nitrogens with one attached hydrogen (secondary N) is 1. The smallest absolute Gasteiger partial charge is 0.174 e. The predicted molar refractivity (Wildman–Crippen MR) is 126 cm³/mol. The number of pyridine rings is 1. The summed E-state index contributed by atoms with van der Waals surface area (Å²) in [6.45, 7) is 0. The van der Waals surface area contributed by atoms with Crippen LogP contribution in [0.2, 0.25) is 0 Å². The molecule has 2 aromatic carbocycles. The summed E-state index contributed by atoms with van der Waals surface area (Å²) in [4.78, 5) is 6.28. The van der Waals surface area contributed by atoms with E-state index in [1.165, 1.54) is 6.07 Å². The van der Waals surface area contributed by atoms with Gasteiger partial charge < -0.3 is 14.6 Å². The summed E-state index contributed by atoms with van der Waals surface area (Å²) in [5, 5.41) is 3.74. The molecule has 7 heteroatoms. The van der Waals surface area contributed by atoms with Crippen LogP contribution in [0.5, 0.6) is 0 Å². The second kappa shape index (κ2) is 8.24. The van der Waals surface area contributed by atoms with Crippen LogP contribution in [0.25, 0.3) is 11.3 Å². The number of rotatable bonds is 4. The highest BCUT2D eigenvalue weighted by Crippen LogP contribution is 2.43. The molecule has 5 rings (SSSR count). The van der Waals surface area contributed by atoms with Crippen molar-refractivity contribution >= 4 is 38.9 Å². The number of hydrogen-bond acceptors (Lipinski definition) is 3. The Kier molecular flexibility index (Phi) is 5.29. The highest BCUT2D eigenvalue weighted by atomic mass is 79.9. The van der Waals surface area contributed by atoms with E-state index < -0.39 is 6.04 Å². The van der Waals surface area contributed by atoms with Gasteiger partial charge in [-0.1, -0.05) is 46.3 Å². The second-order valence-corrected chi connectivity index (χ2v) is 8.46. The van der Waals surface area contributed by atoms with Crippen LogP contribution in [-0.4, -0.2) is 10.1 Å².